The predicted molar refractivity (Wildman–Crippen MR) is 137 cm³/mol. The van der Waals surface area contributed by atoms with Gasteiger partial charge < -0.3 is 19.1 Å². The van der Waals surface area contributed by atoms with Crippen LogP contribution >= 0.6 is 0 Å². The van der Waals surface area contributed by atoms with E-state index in [9.17, 15) is 0 Å². The highest BCUT2D eigenvalue weighted by atomic mass is 16.5. The molecule has 35 heavy (non-hydrogen) atoms. The summed E-state index contributed by atoms with van der Waals surface area (Å²) in [5, 5.41) is 4.81. The molecule has 2 aliphatic heterocycles. The van der Waals surface area contributed by atoms with Gasteiger partial charge in [-0.15, -0.1) is 0 Å². The lowest BCUT2D eigenvalue weighted by Gasteiger charge is -2.28. The second-order valence-electron chi connectivity index (χ2n) is 9.43. The SMILES string of the molecule is Cc1cc(C)c2c(c1)C(=NNc1cc(N3CCOCC3)nc(OCCN3CCOCC3)n1)CCC2. The Hall–Kier alpha value is -2.75. The van der Waals surface area contributed by atoms with E-state index in [2.05, 4.69) is 46.2 Å². The number of hydrazone groups is 1. The molecule has 3 heterocycles. The van der Waals surface area contributed by atoms with Gasteiger partial charge in [0.15, 0.2) is 5.82 Å². The van der Waals surface area contributed by atoms with E-state index in [0.717, 1.165) is 76.7 Å². The van der Waals surface area contributed by atoms with Crippen LogP contribution in [0.4, 0.5) is 11.6 Å². The molecule has 1 aromatic carbocycles. The number of benzene rings is 1. The highest BCUT2D eigenvalue weighted by Gasteiger charge is 2.19. The van der Waals surface area contributed by atoms with Crippen molar-refractivity contribution in [1.29, 1.82) is 0 Å². The van der Waals surface area contributed by atoms with Gasteiger partial charge in [-0.2, -0.15) is 15.1 Å². The molecule has 0 bridgehead atoms. The van der Waals surface area contributed by atoms with Gasteiger partial charge in [-0.1, -0.05) is 11.6 Å². The smallest absolute Gasteiger partial charge is 0.320 e. The summed E-state index contributed by atoms with van der Waals surface area (Å²) < 4.78 is 17.0. The van der Waals surface area contributed by atoms with Crippen molar-refractivity contribution in [3.05, 3.63) is 40.5 Å². The van der Waals surface area contributed by atoms with Crippen molar-refractivity contribution in [2.75, 3.05) is 76.1 Å². The van der Waals surface area contributed by atoms with Crippen molar-refractivity contribution in [2.45, 2.75) is 33.1 Å². The molecule has 3 aliphatic rings. The fourth-order valence-corrected chi connectivity index (χ4v) is 4.97. The molecule has 1 N–H and O–H groups in total. The zero-order valence-electron chi connectivity index (χ0n) is 20.9. The molecular formula is C26H36N6O3. The number of anilines is 2. The van der Waals surface area contributed by atoms with Gasteiger partial charge in [0, 0.05) is 44.4 Å². The largest absolute Gasteiger partial charge is 0.462 e. The highest BCUT2D eigenvalue weighted by Crippen LogP contribution is 2.27. The minimum absolute atomic E-state index is 0.376. The summed E-state index contributed by atoms with van der Waals surface area (Å²) in [7, 11) is 0. The van der Waals surface area contributed by atoms with Crippen molar-refractivity contribution in [2.24, 2.45) is 5.10 Å². The van der Waals surface area contributed by atoms with Crippen LogP contribution in [0.3, 0.4) is 0 Å². The molecule has 1 aromatic heterocycles. The first kappa shape index (κ1) is 24.0. The lowest BCUT2D eigenvalue weighted by molar-refractivity contribution is 0.0317. The normalized spacial score (nSPS) is 20.1. The Morgan fingerprint density at radius 2 is 1.74 bits per heavy atom. The number of rotatable bonds is 7. The summed E-state index contributed by atoms with van der Waals surface area (Å²) in [4.78, 5) is 13.9. The van der Waals surface area contributed by atoms with Gasteiger partial charge in [0.2, 0.25) is 0 Å². The predicted octanol–water partition coefficient (Wildman–Crippen LogP) is 2.79. The number of nitrogens with zero attached hydrogens (tertiary/aromatic N) is 5. The third-order valence-corrected chi connectivity index (χ3v) is 6.84. The second kappa shape index (κ2) is 11.3. The average molecular weight is 481 g/mol. The lowest BCUT2D eigenvalue weighted by atomic mass is 9.86. The van der Waals surface area contributed by atoms with Gasteiger partial charge in [-0.3, -0.25) is 10.3 Å². The molecule has 0 spiro atoms. The van der Waals surface area contributed by atoms with Crippen LogP contribution in [0.2, 0.25) is 0 Å². The number of aromatic nitrogens is 2. The Bertz CT molecular complexity index is 1050. The fourth-order valence-electron chi connectivity index (χ4n) is 4.97. The Morgan fingerprint density at radius 3 is 2.54 bits per heavy atom. The van der Waals surface area contributed by atoms with Crippen LogP contribution in [0.25, 0.3) is 0 Å². The zero-order chi connectivity index (χ0) is 24.0. The first-order chi connectivity index (χ1) is 17.2. The molecule has 1 aliphatic carbocycles. The van der Waals surface area contributed by atoms with E-state index in [-0.39, 0.29) is 0 Å². The van der Waals surface area contributed by atoms with Crippen LogP contribution in [0.15, 0.2) is 23.3 Å². The second-order valence-corrected chi connectivity index (χ2v) is 9.43. The average Bonchev–Trinajstić information content (AvgIpc) is 2.88. The number of nitrogens with one attached hydrogen (secondary N) is 1. The molecule has 0 radical (unpaired) electrons. The molecule has 2 fully saturated rings. The van der Waals surface area contributed by atoms with Crippen molar-refractivity contribution < 1.29 is 14.2 Å². The van der Waals surface area contributed by atoms with Crippen LogP contribution in [0, 0.1) is 13.8 Å². The first-order valence-corrected chi connectivity index (χ1v) is 12.7. The molecule has 0 saturated carbocycles. The van der Waals surface area contributed by atoms with Crippen LogP contribution in [0.5, 0.6) is 6.01 Å². The lowest BCUT2D eigenvalue weighted by Crippen LogP contribution is -2.39. The Morgan fingerprint density at radius 1 is 0.971 bits per heavy atom. The van der Waals surface area contributed by atoms with Crippen LogP contribution < -0.4 is 15.1 Å². The molecular weight excluding hydrogens is 444 g/mol. The molecule has 2 saturated heterocycles. The standard InChI is InChI=1S/C26H36N6O3/c1-19-16-20(2)21-4-3-5-23(22(21)17-19)29-30-24-18-25(32-9-13-34-14-10-32)28-26(27-24)35-15-8-31-6-11-33-12-7-31/h16-18H,3-15H2,1-2H3,(H,27,28,30). The molecule has 0 atom stereocenters. The number of morpholine rings is 2. The van der Waals surface area contributed by atoms with Crippen molar-refractivity contribution in [1.82, 2.24) is 14.9 Å². The van der Waals surface area contributed by atoms with Gasteiger partial charge in [0.1, 0.15) is 12.4 Å². The van der Waals surface area contributed by atoms with Gasteiger partial charge in [-0.05, 0) is 50.3 Å². The van der Waals surface area contributed by atoms with Gasteiger partial charge in [0.05, 0.1) is 32.1 Å². The Balaban J connectivity index is 1.34. The van der Waals surface area contributed by atoms with Gasteiger partial charge in [-0.25, -0.2) is 0 Å². The molecule has 2 aromatic rings. The Kier molecular flexibility index (Phi) is 7.75. The zero-order valence-corrected chi connectivity index (χ0v) is 20.9. The minimum Gasteiger partial charge on any atom is -0.462 e. The third-order valence-electron chi connectivity index (χ3n) is 6.84. The van der Waals surface area contributed by atoms with E-state index < -0.39 is 0 Å². The van der Waals surface area contributed by atoms with E-state index in [0.29, 0.717) is 31.6 Å². The van der Waals surface area contributed by atoms with E-state index >= 15 is 0 Å². The van der Waals surface area contributed by atoms with E-state index in [1.165, 1.54) is 22.3 Å². The monoisotopic (exact) mass is 480 g/mol. The van der Waals surface area contributed by atoms with Crippen molar-refractivity contribution in [3.63, 3.8) is 0 Å². The van der Waals surface area contributed by atoms with Crippen LogP contribution in [0.1, 0.15) is 35.1 Å². The number of fused-ring (bicyclic) bond motifs is 1. The highest BCUT2D eigenvalue weighted by molar-refractivity contribution is 6.03. The quantitative estimate of drug-likeness (QED) is 0.606. The maximum absolute atomic E-state index is 6.01. The van der Waals surface area contributed by atoms with Crippen LogP contribution in [-0.4, -0.2) is 86.3 Å². The summed E-state index contributed by atoms with van der Waals surface area (Å²) in [6.45, 7) is 12.1. The van der Waals surface area contributed by atoms with Crippen molar-refractivity contribution in [3.8, 4) is 6.01 Å². The minimum atomic E-state index is 0.376. The molecule has 0 unspecified atom stereocenters. The maximum Gasteiger partial charge on any atom is 0.320 e. The number of aryl methyl sites for hydroxylation is 2. The summed E-state index contributed by atoms with van der Waals surface area (Å²) in [5.74, 6) is 1.48. The van der Waals surface area contributed by atoms with E-state index in [4.69, 9.17) is 24.3 Å². The third kappa shape index (κ3) is 6.09. The van der Waals surface area contributed by atoms with Crippen LogP contribution in [-0.2, 0) is 15.9 Å². The van der Waals surface area contributed by atoms with Crippen molar-refractivity contribution >= 4 is 17.3 Å². The molecule has 5 rings (SSSR count). The number of hydrogen-bond donors (Lipinski definition) is 1. The topological polar surface area (TPSA) is 84.3 Å². The summed E-state index contributed by atoms with van der Waals surface area (Å²) >= 11 is 0. The summed E-state index contributed by atoms with van der Waals surface area (Å²) in [6, 6.07) is 6.84. The molecule has 0 amide bonds. The van der Waals surface area contributed by atoms with E-state index in [1.807, 2.05) is 6.07 Å². The first-order valence-electron chi connectivity index (χ1n) is 12.7. The van der Waals surface area contributed by atoms with Gasteiger partial charge in [0.25, 0.3) is 0 Å². The fraction of sp³-hybridized carbons (Fsp3) is 0.577. The molecule has 9 heteroatoms. The molecule has 188 valence electrons. The molecule has 9 nitrogen and oxygen atoms in total. The number of hydrogen-bond acceptors (Lipinski definition) is 9. The summed E-state index contributed by atoms with van der Waals surface area (Å²) in [6.07, 6.45) is 3.17. The van der Waals surface area contributed by atoms with E-state index in [1.54, 1.807) is 0 Å². The number of ether oxygens (including phenoxy) is 3. The summed E-state index contributed by atoms with van der Waals surface area (Å²) in [5.41, 5.74) is 9.59. The maximum atomic E-state index is 6.01. The van der Waals surface area contributed by atoms with Gasteiger partial charge >= 0.3 is 6.01 Å². The Labute approximate surface area is 207 Å².